The van der Waals surface area contributed by atoms with Gasteiger partial charge in [0, 0.05) is 12.1 Å². The number of anilines is 2. The van der Waals surface area contributed by atoms with E-state index in [1.807, 2.05) is 18.2 Å². The van der Waals surface area contributed by atoms with Crippen LogP contribution in [0.15, 0.2) is 48.7 Å². The summed E-state index contributed by atoms with van der Waals surface area (Å²) < 4.78 is 34.0. The molecule has 0 saturated carbocycles. The van der Waals surface area contributed by atoms with Crippen LogP contribution in [-0.2, 0) is 6.61 Å². The summed E-state index contributed by atoms with van der Waals surface area (Å²) in [5.74, 6) is -2.49. The minimum absolute atomic E-state index is 0.0328. The third-order valence-corrected chi connectivity index (χ3v) is 3.63. The van der Waals surface area contributed by atoms with E-state index in [0.717, 1.165) is 23.9 Å². The molecular formula is C17H11ClF2N4O3. The molecule has 0 aliphatic heterocycles. The lowest BCUT2D eigenvalue weighted by molar-refractivity contribution is -0.384. The highest BCUT2D eigenvalue weighted by Gasteiger charge is 2.21. The highest BCUT2D eigenvalue weighted by molar-refractivity contribution is 6.28. The molecule has 0 saturated heterocycles. The predicted octanol–water partition coefficient (Wildman–Crippen LogP) is 4.64. The summed E-state index contributed by atoms with van der Waals surface area (Å²) in [6.45, 7) is 0.124. The van der Waals surface area contributed by atoms with Crippen molar-refractivity contribution in [1.82, 2.24) is 9.97 Å². The number of hydrogen-bond acceptors (Lipinski definition) is 6. The van der Waals surface area contributed by atoms with E-state index in [1.54, 1.807) is 12.1 Å². The average Bonchev–Trinajstić information content (AvgIpc) is 2.63. The first kappa shape index (κ1) is 18.5. The second-order valence-corrected chi connectivity index (χ2v) is 5.63. The van der Waals surface area contributed by atoms with Gasteiger partial charge in [0.15, 0.2) is 11.6 Å². The summed E-state index contributed by atoms with van der Waals surface area (Å²) in [4.78, 5) is 17.3. The van der Waals surface area contributed by atoms with E-state index >= 15 is 0 Å². The number of halogens is 3. The zero-order valence-corrected chi connectivity index (χ0v) is 14.3. The van der Waals surface area contributed by atoms with Crippen molar-refractivity contribution in [2.75, 3.05) is 5.32 Å². The molecule has 1 N–H and O–H groups in total. The second-order valence-electron chi connectivity index (χ2n) is 5.29. The number of nitro groups is 1. The van der Waals surface area contributed by atoms with E-state index < -0.39 is 33.8 Å². The molecule has 1 aromatic heterocycles. The maximum atomic E-state index is 14.3. The Balaban J connectivity index is 1.84. The van der Waals surface area contributed by atoms with Crippen molar-refractivity contribution in [3.63, 3.8) is 0 Å². The number of rotatable bonds is 6. The fraction of sp³-hybridized carbons (Fsp3) is 0.0588. The minimum atomic E-state index is -1.01. The fourth-order valence-corrected chi connectivity index (χ4v) is 2.32. The van der Waals surface area contributed by atoms with Gasteiger partial charge >= 0.3 is 5.69 Å². The molecule has 3 rings (SSSR count). The molecule has 0 unspecified atom stereocenters. The zero-order chi connectivity index (χ0) is 19.4. The molecule has 1 heterocycles. The minimum Gasteiger partial charge on any atom is -0.489 e. The Kier molecular flexibility index (Phi) is 5.41. The number of ether oxygens (including phenoxy) is 1. The SMILES string of the molecule is O=[N+]([O-])c1cnc(Cl)nc1Nc1c(F)cc(OCc2ccccc2)cc1F. The maximum absolute atomic E-state index is 14.3. The smallest absolute Gasteiger partial charge is 0.329 e. The van der Waals surface area contributed by atoms with Crippen molar-refractivity contribution < 1.29 is 18.4 Å². The second kappa shape index (κ2) is 7.92. The molecule has 27 heavy (non-hydrogen) atoms. The number of aromatic nitrogens is 2. The molecule has 0 atom stereocenters. The summed E-state index contributed by atoms with van der Waals surface area (Å²) >= 11 is 5.60. The Morgan fingerprint density at radius 3 is 2.48 bits per heavy atom. The summed E-state index contributed by atoms with van der Waals surface area (Å²) in [6.07, 6.45) is 0.838. The Labute approximate surface area is 156 Å². The molecule has 0 fully saturated rings. The van der Waals surface area contributed by atoms with Crippen LogP contribution in [-0.4, -0.2) is 14.9 Å². The Morgan fingerprint density at radius 2 is 1.85 bits per heavy atom. The predicted molar refractivity (Wildman–Crippen MR) is 94.1 cm³/mol. The van der Waals surface area contributed by atoms with Gasteiger partial charge in [-0.2, -0.15) is 4.98 Å². The third-order valence-electron chi connectivity index (χ3n) is 3.44. The van der Waals surface area contributed by atoms with Crippen LogP contribution in [0.4, 0.5) is 26.0 Å². The van der Waals surface area contributed by atoms with E-state index in [9.17, 15) is 18.9 Å². The van der Waals surface area contributed by atoms with Gasteiger partial charge in [-0.05, 0) is 17.2 Å². The van der Waals surface area contributed by atoms with Crippen molar-refractivity contribution in [3.05, 3.63) is 81.3 Å². The van der Waals surface area contributed by atoms with Gasteiger partial charge in [-0.1, -0.05) is 30.3 Å². The van der Waals surface area contributed by atoms with E-state index in [2.05, 4.69) is 15.3 Å². The summed E-state index contributed by atoms with van der Waals surface area (Å²) in [7, 11) is 0. The molecule has 2 aromatic carbocycles. The first-order valence-electron chi connectivity index (χ1n) is 7.54. The van der Waals surface area contributed by atoms with Gasteiger partial charge in [-0.25, -0.2) is 13.8 Å². The molecule has 0 amide bonds. The van der Waals surface area contributed by atoms with Crippen molar-refractivity contribution in [1.29, 1.82) is 0 Å². The quantitative estimate of drug-likeness (QED) is 0.373. The molecule has 138 valence electrons. The van der Waals surface area contributed by atoms with Crippen LogP contribution in [0.1, 0.15) is 5.56 Å². The van der Waals surface area contributed by atoms with Crippen LogP contribution >= 0.6 is 11.6 Å². The fourth-order valence-electron chi connectivity index (χ4n) is 2.19. The highest BCUT2D eigenvalue weighted by Crippen LogP contribution is 2.31. The van der Waals surface area contributed by atoms with Gasteiger partial charge in [0.05, 0.1) is 4.92 Å². The third kappa shape index (κ3) is 4.45. The zero-order valence-electron chi connectivity index (χ0n) is 13.5. The highest BCUT2D eigenvalue weighted by atomic mass is 35.5. The molecule has 0 aliphatic rings. The summed E-state index contributed by atoms with van der Waals surface area (Å²) in [5.41, 5.74) is -0.380. The van der Waals surface area contributed by atoms with E-state index in [-0.39, 0.29) is 17.6 Å². The largest absolute Gasteiger partial charge is 0.489 e. The summed E-state index contributed by atoms with van der Waals surface area (Å²) in [6, 6.07) is 11.0. The number of hydrogen-bond donors (Lipinski definition) is 1. The van der Waals surface area contributed by atoms with Crippen molar-refractivity contribution in [2.24, 2.45) is 0 Å². The maximum Gasteiger partial charge on any atom is 0.329 e. The van der Waals surface area contributed by atoms with Crippen LogP contribution in [0.3, 0.4) is 0 Å². The van der Waals surface area contributed by atoms with E-state index in [0.29, 0.717) is 0 Å². The van der Waals surface area contributed by atoms with Gasteiger partial charge in [0.2, 0.25) is 11.1 Å². The molecule has 0 aliphatic carbocycles. The van der Waals surface area contributed by atoms with Gasteiger partial charge < -0.3 is 10.1 Å². The van der Waals surface area contributed by atoms with Crippen LogP contribution in [0.25, 0.3) is 0 Å². The van der Waals surface area contributed by atoms with Crippen LogP contribution in [0.5, 0.6) is 5.75 Å². The van der Waals surface area contributed by atoms with Gasteiger partial charge in [-0.15, -0.1) is 0 Å². The first-order valence-corrected chi connectivity index (χ1v) is 7.91. The first-order chi connectivity index (χ1) is 12.9. The van der Waals surface area contributed by atoms with E-state index in [4.69, 9.17) is 16.3 Å². The Morgan fingerprint density at radius 1 is 1.19 bits per heavy atom. The number of nitrogens with one attached hydrogen (secondary N) is 1. The summed E-state index contributed by atoms with van der Waals surface area (Å²) in [5, 5.41) is 12.9. The van der Waals surface area contributed by atoms with Gasteiger partial charge in [0.25, 0.3) is 0 Å². The normalized spacial score (nSPS) is 10.5. The standard InChI is InChI=1S/C17H11ClF2N4O3/c18-17-21-8-14(24(25)26)16(23-17)22-15-12(19)6-11(7-13(15)20)27-9-10-4-2-1-3-5-10/h1-8H,9H2,(H,21,22,23). The molecule has 0 bridgehead atoms. The number of nitrogens with zero attached hydrogens (tertiary/aromatic N) is 3. The van der Waals surface area contributed by atoms with Gasteiger partial charge in [-0.3, -0.25) is 10.1 Å². The van der Waals surface area contributed by atoms with Crippen LogP contribution < -0.4 is 10.1 Å². The van der Waals surface area contributed by atoms with Gasteiger partial charge in [0.1, 0.15) is 24.2 Å². The molecule has 0 radical (unpaired) electrons. The lowest BCUT2D eigenvalue weighted by Crippen LogP contribution is -2.05. The topological polar surface area (TPSA) is 90.2 Å². The lowest BCUT2D eigenvalue weighted by Gasteiger charge is -2.11. The molecule has 3 aromatic rings. The Hall–Kier alpha value is -3.33. The molecule has 10 heteroatoms. The molecule has 0 spiro atoms. The Bertz CT molecular complexity index is 966. The van der Waals surface area contributed by atoms with Crippen molar-refractivity contribution in [3.8, 4) is 5.75 Å². The van der Waals surface area contributed by atoms with Crippen molar-refractivity contribution >= 4 is 28.8 Å². The monoisotopic (exact) mass is 392 g/mol. The van der Waals surface area contributed by atoms with E-state index in [1.165, 1.54) is 0 Å². The van der Waals surface area contributed by atoms with Crippen LogP contribution in [0.2, 0.25) is 5.28 Å². The van der Waals surface area contributed by atoms with Crippen LogP contribution in [0, 0.1) is 21.7 Å². The van der Waals surface area contributed by atoms with Crippen molar-refractivity contribution in [2.45, 2.75) is 6.61 Å². The molecule has 7 nitrogen and oxygen atoms in total. The molecular weight excluding hydrogens is 382 g/mol. The lowest BCUT2D eigenvalue weighted by atomic mass is 10.2. The average molecular weight is 393 g/mol. The number of benzene rings is 2.